The summed E-state index contributed by atoms with van der Waals surface area (Å²) in [5.74, 6) is -0.107. The minimum absolute atomic E-state index is 0. The van der Waals surface area contributed by atoms with E-state index < -0.39 is 0 Å². The van der Waals surface area contributed by atoms with Crippen LogP contribution < -0.4 is 10.6 Å². The van der Waals surface area contributed by atoms with E-state index >= 15 is 0 Å². The molecule has 1 saturated heterocycles. The molecule has 0 aromatic heterocycles. The van der Waals surface area contributed by atoms with Crippen LogP contribution in [0.1, 0.15) is 19.8 Å². The number of hydrogen-bond acceptors (Lipinski definition) is 4. The van der Waals surface area contributed by atoms with E-state index in [1.807, 2.05) is 14.0 Å². The fraction of sp³-hybridized carbons (Fsp3) is 0.846. The van der Waals surface area contributed by atoms with Gasteiger partial charge in [-0.1, -0.05) is 6.92 Å². The van der Waals surface area contributed by atoms with Crippen LogP contribution in [0.3, 0.4) is 0 Å². The first-order chi connectivity index (χ1) is 9.04. The molecule has 1 aliphatic heterocycles. The Bertz CT molecular complexity index is 309. The van der Waals surface area contributed by atoms with Crippen molar-refractivity contribution in [2.45, 2.75) is 25.8 Å². The van der Waals surface area contributed by atoms with Gasteiger partial charge in [0.1, 0.15) is 0 Å². The van der Waals surface area contributed by atoms with Gasteiger partial charge in [0.25, 0.3) is 0 Å². The number of halogens is 1. The molecule has 0 bridgehead atoms. The molecule has 1 aliphatic rings. The van der Waals surface area contributed by atoms with Crippen LogP contribution in [0.15, 0.2) is 0 Å². The molecule has 0 spiro atoms. The van der Waals surface area contributed by atoms with Gasteiger partial charge in [0, 0.05) is 26.2 Å². The first-order valence-corrected chi connectivity index (χ1v) is 6.96. The fourth-order valence-corrected chi connectivity index (χ4v) is 2.10. The second-order valence-corrected chi connectivity index (χ2v) is 5.16. The lowest BCUT2D eigenvalue weighted by molar-refractivity contribution is -0.135. The monoisotopic (exact) mass is 306 g/mol. The average molecular weight is 307 g/mol. The lowest BCUT2D eigenvalue weighted by Crippen LogP contribution is -2.45. The van der Waals surface area contributed by atoms with Crippen LogP contribution in [0.4, 0.5) is 0 Å². The van der Waals surface area contributed by atoms with E-state index in [-0.39, 0.29) is 30.8 Å². The van der Waals surface area contributed by atoms with E-state index in [0.717, 1.165) is 25.9 Å². The molecular formula is C13H27ClN4O2. The summed E-state index contributed by atoms with van der Waals surface area (Å²) >= 11 is 0. The Morgan fingerprint density at radius 2 is 2.00 bits per heavy atom. The van der Waals surface area contributed by atoms with Gasteiger partial charge in [-0.3, -0.25) is 14.5 Å². The first-order valence-electron chi connectivity index (χ1n) is 6.96. The second kappa shape index (κ2) is 9.96. The molecule has 2 N–H and O–H groups in total. The highest BCUT2D eigenvalue weighted by Gasteiger charge is 2.22. The number of nitrogens with zero attached hydrogens (tertiary/aromatic N) is 2. The Balaban J connectivity index is 0.00000361. The maximum Gasteiger partial charge on any atom is 0.239 e. The Morgan fingerprint density at radius 1 is 1.30 bits per heavy atom. The van der Waals surface area contributed by atoms with Crippen molar-refractivity contribution in [3.05, 3.63) is 0 Å². The maximum atomic E-state index is 12.0. The van der Waals surface area contributed by atoms with Gasteiger partial charge in [-0.05, 0) is 26.4 Å². The third-order valence-electron chi connectivity index (χ3n) is 3.42. The van der Waals surface area contributed by atoms with Crippen molar-refractivity contribution in [1.82, 2.24) is 20.4 Å². The maximum absolute atomic E-state index is 12.0. The molecule has 0 radical (unpaired) electrons. The Morgan fingerprint density at radius 3 is 2.55 bits per heavy atom. The number of hydrogen-bond donors (Lipinski definition) is 2. The van der Waals surface area contributed by atoms with Gasteiger partial charge in [0.15, 0.2) is 0 Å². The molecule has 0 aromatic rings. The summed E-state index contributed by atoms with van der Waals surface area (Å²) in [7, 11) is 3.63. The van der Waals surface area contributed by atoms with Gasteiger partial charge in [-0.25, -0.2) is 0 Å². The van der Waals surface area contributed by atoms with E-state index in [2.05, 4.69) is 15.5 Å². The normalized spacial score (nSPS) is 17.7. The van der Waals surface area contributed by atoms with Gasteiger partial charge >= 0.3 is 0 Å². The highest BCUT2D eigenvalue weighted by atomic mass is 35.5. The van der Waals surface area contributed by atoms with Crippen molar-refractivity contribution < 1.29 is 9.59 Å². The highest BCUT2D eigenvalue weighted by Crippen LogP contribution is 2.05. The van der Waals surface area contributed by atoms with Crippen LogP contribution in [0.2, 0.25) is 0 Å². The molecule has 1 fully saturated rings. The molecule has 1 unspecified atom stereocenters. The second-order valence-electron chi connectivity index (χ2n) is 5.16. The zero-order chi connectivity index (χ0) is 14.3. The lowest BCUT2D eigenvalue weighted by Gasteiger charge is -2.25. The van der Waals surface area contributed by atoms with Crippen molar-refractivity contribution in [2.75, 3.05) is 46.8 Å². The van der Waals surface area contributed by atoms with Crippen molar-refractivity contribution >= 4 is 24.2 Å². The summed E-state index contributed by atoms with van der Waals surface area (Å²) < 4.78 is 0. The molecule has 1 atom stereocenters. The van der Waals surface area contributed by atoms with Gasteiger partial charge in [0.2, 0.25) is 11.8 Å². The van der Waals surface area contributed by atoms with Gasteiger partial charge in [0.05, 0.1) is 13.1 Å². The van der Waals surface area contributed by atoms with Gasteiger partial charge in [-0.15, -0.1) is 12.4 Å². The number of carbonyl (C=O) groups excluding carboxylic acids is 2. The lowest BCUT2D eigenvalue weighted by atomic mass is 10.2. The van der Waals surface area contributed by atoms with E-state index in [9.17, 15) is 9.59 Å². The molecule has 0 aromatic carbocycles. The predicted molar refractivity (Wildman–Crippen MR) is 82.1 cm³/mol. The number of rotatable bonds is 7. The zero-order valence-electron chi connectivity index (χ0n) is 12.6. The molecule has 7 heteroatoms. The number of amides is 2. The van der Waals surface area contributed by atoms with Crippen molar-refractivity contribution in [1.29, 1.82) is 0 Å². The molecule has 1 rings (SSSR count). The van der Waals surface area contributed by atoms with E-state index in [0.29, 0.717) is 19.1 Å². The van der Waals surface area contributed by atoms with Crippen LogP contribution >= 0.6 is 12.4 Å². The molecule has 1 heterocycles. The minimum atomic E-state index is -0.0945. The third-order valence-corrected chi connectivity index (χ3v) is 3.42. The van der Waals surface area contributed by atoms with Gasteiger partial charge in [-0.2, -0.15) is 0 Å². The summed E-state index contributed by atoms with van der Waals surface area (Å²) in [6.07, 6.45) is 1.98. The summed E-state index contributed by atoms with van der Waals surface area (Å²) in [4.78, 5) is 27.1. The smallest absolute Gasteiger partial charge is 0.239 e. The van der Waals surface area contributed by atoms with Crippen LogP contribution in [-0.4, -0.2) is 74.5 Å². The Labute approximate surface area is 127 Å². The van der Waals surface area contributed by atoms with E-state index in [4.69, 9.17) is 0 Å². The molecule has 6 nitrogen and oxygen atoms in total. The summed E-state index contributed by atoms with van der Waals surface area (Å²) in [6.45, 7) is 5.11. The van der Waals surface area contributed by atoms with Gasteiger partial charge < -0.3 is 15.5 Å². The average Bonchev–Trinajstić information content (AvgIpc) is 2.90. The highest BCUT2D eigenvalue weighted by molar-refractivity contribution is 5.85. The van der Waals surface area contributed by atoms with Crippen molar-refractivity contribution in [3.8, 4) is 0 Å². The quantitative estimate of drug-likeness (QED) is 0.677. The summed E-state index contributed by atoms with van der Waals surface area (Å²) in [6, 6.07) is 0.422. The molecule has 0 aliphatic carbocycles. The predicted octanol–water partition coefficient (Wildman–Crippen LogP) is -0.313. The summed E-state index contributed by atoms with van der Waals surface area (Å²) in [5.41, 5.74) is 0. The zero-order valence-corrected chi connectivity index (χ0v) is 13.5. The molecule has 118 valence electrons. The fourth-order valence-electron chi connectivity index (χ4n) is 2.10. The van der Waals surface area contributed by atoms with Crippen LogP contribution in [0.5, 0.6) is 0 Å². The summed E-state index contributed by atoms with van der Waals surface area (Å²) in [5, 5.41) is 6.05. The van der Waals surface area contributed by atoms with E-state index in [1.54, 1.807) is 7.05 Å². The SMILES string of the molecule is CCCNC(=O)CN(C)C(=O)CN(C)C1CCNC1.Cl. The minimum Gasteiger partial charge on any atom is -0.355 e. The van der Waals surface area contributed by atoms with Crippen LogP contribution in [0.25, 0.3) is 0 Å². The van der Waals surface area contributed by atoms with Crippen LogP contribution in [-0.2, 0) is 9.59 Å². The number of carbonyl (C=O) groups is 2. The Hall–Kier alpha value is -0.850. The van der Waals surface area contributed by atoms with Crippen LogP contribution in [0, 0.1) is 0 Å². The molecule has 0 saturated carbocycles. The molecule has 2 amide bonds. The Kier molecular flexibility index (Phi) is 9.54. The third kappa shape index (κ3) is 6.54. The largest absolute Gasteiger partial charge is 0.355 e. The molecule has 20 heavy (non-hydrogen) atoms. The van der Waals surface area contributed by atoms with E-state index in [1.165, 1.54) is 4.90 Å². The van der Waals surface area contributed by atoms with Crippen molar-refractivity contribution in [2.24, 2.45) is 0 Å². The number of likely N-dealkylation sites (N-methyl/N-ethyl adjacent to an activating group) is 2. The standard InChI is InChI=1S/C13H26N4O2.ClH/c1-4-6-15-12(18)9-17(3)13(19)10-16(2)11-5-7-14-8-11;/h11,14H,4-10H2,1-3H3,(H,15,18);1H. The first kappa shape index (κ1) is 19.1. The topological polar surface area (TPSA) is 64.7 Å². The number of nitrogens with one attached hydrogen (secondary N) is 2. The molecular weight excluding hydrogens is 280 g/mol. The van der Waals surface area contributed by atoms with Crippen molar-refractivity contribution in [3.63, 3.8) is 0 Å².